The Bertz CT molecular complexity index is 3090. The fraction of sp³-hybridized carbons (Fsp3) is 0.0968. The molecule has 0 saturated heterocycles. The molecule has 0 N–H and O–H groups in total. The summed E-state index contributed by atoms with van der Waals surface area (Å²) < 4.78 is 0. The number of anilines is 3. The highest BCUT2D eigenvalue weighted by atomic mass is 15.1. The van der Waals surface area contributed by atoms with Crippen molar-refractivity contribution in [3.63, 3.8) is 0 Å². The van der Waals surface area contributed by atoms with Gasteiger partial charge in [0.15, 0.2) is 0 Å². The summed E-state index contributed by atoms with van der Waals surface area (Å²) in [6, 6.07) is 74.4. The molecule has 10 rings (SSSR count). The van der Waals surface area contributed by atoms with Crippen LogP contribution in [0.4, 0.5) is 17.1 Å². The van der Waals surface area contributed by atoms with Gasteiger partial charge in [0.05, 0.1) is 17.1 Å². The van der Waals surface area contributed by atoms with E-state index in [9.17, 15) is 0 Å². The number of nitrogens with zero attached hydrogens (tertiary/aromatic N) is 3. The predicted molar refractivity (Wildman–Crippen MR) is 275 cm³/mol. The van der Waals surface area contributed by atoms with Crippen LogP contribution in [-0.2, 0) is 6.42 Å². The number of hydrogen-bond donors (Lipinski definition) is 0. The third kappa shape index (κ3) is 8.62. The summed E-state index contributed by atoms with van der Waals surface area (Å²) in [6.45, 7) is 8.87. The van der Waals surface area contributed by atoms with Gasteiger partial charge in [-0.2, -0.15) is 0 Å². The third-order valence-electron chi connectivity index (χ3n) is 12.5. The molecule has 3 nitrogen and oxygen atoms in total. The Hall–Kier alpha value is -7.88. The molecule has 0 unspecified atom stereocenters. The molecule has 0 radical (unpaired) electrons. The second kappa shape index (κ2) is 18.1. The van der Waals surface area contributed by atoms with Crippen LogP contribution in [0.5, 0.6) is 0 Å². The van der Waals surface area contributed by atoms with E-state index in [2.05, 4.69) is 239 Å². The molecule has 2 heterocycles. The minimum atomic E-state index is 0.538. The topological polar surface area (TPSA) is 29.0 Å². The van der Waals surface area contributed by atoms with Gasteiger partial charge >= 0.3 is 0 Å². The van der Waals surface area contributed by atoms with Crippen molar-refractivity contribution in [1.82, 2.24) is 9.97 Å². The van der Waals surface area contributed by atoms with E-state index < -0.39 is 0 Å². The van der Waals surface area contributed by atoms with Crippen molar-refractivity contribution in [3.8, 4) is 67.0 Å². The smallest absolute Gasteiger partial charge is 0.0709 e. The average molecular weight is 838 g/mol. The lowest BCUT2D eigenvalue weighted by Gasteiger charge is -2.28. The van der Waals surface area contributed by atoms with Gasteiger partial charge < -0.3 is 4.90 Å². The van der Waals surface area contributed by atoms with Crippen LogP contribution in [0.2, 0.25) is 0 Å². The van der Waals surface area contributed by atoms with E-state index in [0.717, 1.165) is 57.1 Å². The molecule has 8 aromatic carbocycles. The molecule has 0 atom stereocenters. The van der Waals surface area contributed by atoms with Crippen molar-refractivity contribution >= 4 is 27.8 Å². The quantitative estimate of drug-likeness (QED) is 0.130. The zero-order valence-electron chi connectivity index (χ0n) is 37.4. The minimum Gasteiger partial charge on any atom is -0.310 e. The first-order chi connectivity index (χ1) is 31.9. The molecule has 0 fully saturated rings. The Balaban J connectivity index is 1.06. The van der Waals surface area contributed by atoms with E-state index in [1.165, 1.54) is 60.8 Å². The summed E-state index contributed by atoms with van der Waals surface area (Å²) >= 11 is 0. The number of hydrogen-bond acceptors (Lipinski definition) is 3. The lowest BCUT2D eigenvalue weighted by atomic mass is 9.95. The maximum absolute atomic E-state index is 5.02. The molecule has 0 bridgehead atoms. The van der Waals surface area contributed by atoms with Crippen LogP contribution in [0.1, 0.15) is 30.5 Å². The molecular formula is C62H51N3. The zero-order valence-corrected chi connectivity index (χ0v) is 37.4. The van der Waals surface area contributed by atoms with Crippen molar-refractivity contribution in [1.29, 1.82) is 0 Å². The molecule has 0 saturated carbocycles. The number of aromatic nitrogens is 2. The van der Waals surface area contributed by atoms with Crippen LogP contribution in [0.25, 0.3) is 77.8 Å². The van der Waals surface area contributed by atoms with Crippen LogP contribution in [-0.4, -0.2) is 9.97 Å². The molecule has 0 aliphatic heterocycles. The molecule has 0 spiro atoms. The van der Waals surface area contributed by atoms with Gasteiger partial charge in [-0.1, -0.05) is 178 Å². The van der Waals surface area contributed by atoms with Crippen molar-refractivity contribution in [3.05, 3.63) is 235 Å². The lowest BCUT2D eigenvalue weighted by Crippen LogP contribution is -2.11. The highest BCUT2D eigenvalue weighted by Gasteiger charge is 2.20. The van der Waals surface area contributed by atoms with Crippen LogP contribution < -0.4 is 4.90 Å². The van der Waals surface area contributed by atoms with Crippen molar-refractivity contribution in [2.75, 3.05) is 4.90 Å². The summed E-state index contributed by atoms with van der Waals surface area (Å²) in [4.78, 5) is 12.5. The van der Waals surface area contributed by atoms with Gasteiger partial charge in [0.2, 0.25) is 0 Å². The Morgan fingerprint density at radius 1 is 0.385 bits per heavy atom. The second-order valence-corrected chi connectivity index (χ2v) is 17.5. The summed E-state index contributed by atoms with van der Waals surface area (Å²) in [5.74, 6) is 0.538. The van der Waals surface area contributed by atoms with Gasteiger partial charge in [0.25, 0.3) is 0 Å². The first kappa shape index (κ1) is 41.1. The fourth-order valence-electron chi connectivity index (χ4n) is 9.13. The molecule has 3 heteroatoms. The number of aryl methyl sites for hydroxylation is 2. The van der Waals surface area contributed by atoms with Crippen LogP contribution >= 0.6 is 0 Å². The maximum atomic E-state index is 5.02. The normalized spacial score (nSPS) is 11.3. The summed E-state index contributed by atoms with van der Waals surface area (Å²) in [7, 11) is 0. The van der Waals surface area contributed by atoms with Gasteiger partial charge in [-0.3, -0.25) is 9.97 Å². The van der Waals surface area contributed by atoms with Gasteiger partial charge in [0.1, 0.15) is 0 Å². The van der Waals surface area contributed by atoms with Crippen LogP contribution in [0.15, 0.2) is 219 Å². The minimum absolute atomic E-state index is 0.538. The first-order valence-corrected chi connectivity index (χ1v) is 22.6. The number of benzene rings is 8. The Kier molecular flexibility index (Phi) is 11.4. The molecular weight excluding hydrogens is 787 g/mol. The monoisotopic (exact) mass is 837 g/mol. The Morgan fingerprint density at radius 2 is 0.800 bits per heavy atom. The standard InChI is InChI=1S/C62H51N3/c1-42(2)35-51-33-34-62(57-24-12-11-23-56(51)57)65(54-21-13-19-52(36-54)60-38-58(43(3)40-63-60)49-29-25-47(26-30-49)45-15-7-5-8-16-45)55-22-14-20-53(37-55)61-39-59(44(4)41-64-61)50-31-27-48(28-32-50)46-17-9-6-10-18-46/h5-34,36-42H,35H2,1-4H3. The highest BCUT2D eigenvalue weighted by Crippen LogP contribution is 2.43. The van der Waals surface area contributed by atoms with E-state index in [0.29, 0.717) is 5.92 Å². The SMILES string of the molecule is Cc1cnc(-c2cccc(N(c3cccc(-c4cc(-c5ccc(-c6ccccc6)cc5)c(C)cn4)c3)c3ccc(CC(C)C)c4ccccc34)c2)cc1-c1ccc(-c2ccccc2)cc1. The Labute approximate surface area is 383 Å². The van der Waals surface area contributed by atoms with Gasteiger partial charge in [-0.25, -0.2) is 0 Å². The largest absolute Gasteiger partial charge is 0.310 e. The van der Waals surface area contributed by atoms with Gasteiger partial charge in [-0.05, 0) is 135 Å². The first-order valence-electron chi connectivity index (χ1n) is 22.6. The van der Waals surface area contributed by atoms with E-state index in [1.807, 2.05) is 12.4 Å². The zero-order chi connectivity index (χ0) is 44.3. The molecule has 0 aliphatic rings. The number of pyridine rings is 2. The van der Waals surface area contributed by atoms with Crippen LogP contribution in [0, 0.1) is 19.8 Å². The summed E-state index contributed by atoms with van der Waals surface area (Å²) in [5, 5.41) is 2.49. The number of fused-ring (bicyclic) bond motifs is 1. The fourth-order valence-corrected chi connectivity index (χ4v) is 9.13. The number of rotatable bonds is 11. The van der Waals surface area contributed by atoms with E-state index >= 15 is 0 Å². The highest BCUT2D eigenvalue weighted by molar-refractivity contribution is 6.01. The van der Waals surface area contributed by atoms with E-state index in [4.69, 9.17) is 9.97 Å². The van der Waals surface area contributed by atoms with Gasteiger partial charge in [0, 0.05) is 40.3 Å². The average Bonchev–Trinajstić information content (AvgIpc) is 3.36. The molecule has 0 amide bonds. The van der Waals surface area contributed by atoms with Crippen LogP contribution in [0.3, 0.4) is 0 Å². The molecule has 2 aromatic heterocycles. The third-order valence-corrected chi connectivity index (χ3v) is 12.5. The summed E-state index contributed by atoms with van der Waals surface area (Å²) in [6.07, 6.45) is 5.02. The predicted octanol–water partition coefficient (Wildman–Crippen LogP) is 16.9. The summed E-state index contributed by atoms with van der Waals surface area (Å²) in [5.41, 5.74) is 20.3. The van der Waals surface area contributed by atoms with E-state index in [1.54, 1.807) is 0 Å². The molecule has 0 aliphatic carbocycles. The molecule has 65 heavy (non-hydrogen) atoms. The van der Waals surface area contributed by atoms with E-state index in [-0.39, 0.29) is 0 Å². The second-order valence-electron chi connectivity index (χ2n) is 17.5. The van der Waals surface area contributed by atoms with Crippen molar-refractivity contribution < 1.29 is 0 Å². The van der Waals surface area contributed by atoms with Crippen molar-refractivity contribution in [2.45, 2.75) is 34.1 Å². The molecule has 314 valence electrons. The van der Waals surface area contributed by atoms with Crippen molar-refractivity contribution in [2.24, 2.45) is 5.92 Å². The Morgan fingerprint density at radius 3 is 1.28 bits per heavy atom. The van der Waals surface area contributed by atoms with Gasteiger partial charge in [-0.15, -0.1) is 0 Å². The lowest BCUT2D eigenvalue weighted by molar-refractivity contribution is 0.650. The molecule has 10 aromatic rings. The maximum Gasteiger partial charge on any atom is 0.0709 e.